The van der Waals surface area contributed by atoms with Gasteiger partial charge in [0, 0.05) is 10.9 Å². The zero-order valence-electron chi connectivity index (χ0n) is 12.8. The summed E-state index contributed by atoms with van der Waals surface area (Å²) in [6.45, 7) is 0. The highest BCUT2D eigenvalue weighted by atomic mass is 79.9. The lowest BCUT2D eigenvalue weighted by Crippen LogP contribution is -2.10. The number of aryl methyl sites for hydroxylation is 2. The van der Waals surface area contributed by atoms with E-state index in [1.54, 1.807) is 12.1 Å². The van der Waals surface area contributed by atoms with E-state index in [9.17, 15) is 4.79 Å². The number of aromatic nitrogens is 1. The number of nitrogens with one attached hydrogen (secondary N) is 1. The van der Waals surface area contributed by atoms with Gasteiger partial charge in [0.15, 0.2) is 15.6 Å². The second-order valence-corrected chi connectivity index (χ2v) is 7.43. The predicted octanol–water partition coefficient (Wildman–Crippen LogP) is 5.30. The summed E-state index contributed by atoms with van der Waals surface area (Å²) in [5.74, 6) is -0.0422. The Bertz CT molecular complexity index is 900. The normalized spacial score (nSPS) is 13.5. The lowest BCUT2D eigenvalue weighted by molar-refractivity contribution is 0.0995. The van der Waals surface area contributed by atoms with Gasteiger partial charge in [-0.25, -0.2) is 4.98 Å². The molecule has 0 bridgehead atoms. The number of carbonyl (C=O) groups excluding carboxylic acids is 1. The van der Waals surface area contributed by atoms with Crippen LogP contribution in [0.15, 0.2) is 44.8 Å². The topological polar surface area (TPSA) is 55.1 Å². The third-order valence-electron chi connectivity index (χ3n) is 4.17. The SMILES string of the molecule is O=C(Nc1nc(-c2ccc3c(c2)CCCC3)cs1)c1ccc(Br)o1. The van der Waals surface area contributed by atoms with Crippen molar-refractivity contribution in [3.8, 4) is 11.3 Å². The number of amides is 1. The van der Waals surface area contributed by atoms with E-state index in [-0.39, 0.29) is 11.7 Å². The van der Waals surface area contributed by atoms with Crippen LogP contribution in [0.25, 0.3) is 11.3 Å². The quantitative estimate of drug-likeness (QED) is 0.646. The van der Waals surface area contributed by atoms with E-state index in [0.29, 0.717) is 9.80 Å². The van der Waals surface area contributed by atoms with E-state index in [1.165, 1.54) is 41.7 Å². The van der Waals surface area contributed by atoms with Crippen LogP contribution in [0.2, 0.25) is 0 Å². The Morgan fingerprint density at radius 2 is 2.00 bits per heavy atom. The summed E-state index contributed by atoms with van der Waals surface area (Å²) in [7, 11) is 0. The van der Waals surface area contributed by atoms with E-state index in [2.05, 4.69) is 44.4 Å². The number of fused-ring (bicyclic) bond motifs is 1. The summed E-state index contributed by atoms with van der Waals surface area (Å²) < 4.78 is 5.78. The number of thiazole rings is 1. The van der Waals surface area contributed by atoms with Crippen LogP contribution in [-0.4, -0.2) is 10.9 Å². The Balaban J connectivity index is 1.53. The minimum absolute atomic E-state index is 0.257. The van der Waals surface area contributed by atoms with Crippen molar-refractivity contribution in [1.29, 1.82) is 0 Å². The molecule has 1 N–H and O–H groups in total. The Morgan fingerprint density at radius 3 is 2.79 bits per heavy atom. The van der Waals surface area contributed by atoms with Crippen LogP contribution < -0.4 is 5.32 Å². The van der Waals surface area contributed by atoms with Crippen molar-refractivity contribution in [2.75, 3.05) is 5.32 Å². The minimum Gasteiger partial charge on any atom is -0.444 e. The van der Waals surface area contributed by atoms with Gasteiger partial charge >= 0.3 is 0 Å². The number of furan rings is 1. The lowest BCUT2D eigenvalue weighted by Gasteiger charge is -2.16. The van der Waals surface area contributed by atoms with Crippen LogP contribution in [0.5, 0.6) is 0 Å². The molecule has 0 aliphatic heterocycles. The Morgan fingerprint density at radius 1 is 1.17 bits per heavy atom. The number of halogens is 1. The number of nitrogens with zero attached hydrogens (tertiary/aromatic N) is 1. The smallest absolute Gasteiger partial charge is 0.293 e. The zero-order valence-corrected chi connectivity index (χ0v) is 15.2. The zero-order chi connectivity index (χ0) is 16.5. The monoisotopic (exact) mass is 402 g/mol. The first kappa shape index (κ1) is 15.6. The van der Waals surface area contributed by atoms with E-state index < -0.39 is 0 Å². The molecule has 0 spiro atoms. The molecule has 1 amide bonds. The molecule has 1 aliphatic rings. The van der Waals surface area contributed by atoms with Gasteiger partial charge in [0.05, 0.1) is 5.69 Å². The molecule has 0 atom stereocenters. The maximum atomic E-state index is 12.1. The van der Waals surface area contributed by atoms with Crippen LogP contribution in [0, 0.1) is 0 Å². The predicted molar refractivity (Wildman–Crippen MR) is 98.6 cm³/mol. The van der Waals surface area contributed by atoms with Gasteiger partial charge in [-0.2, -0.15) is 0 Å². The van der Waals surface area contributed by atoms with Crippen molar-refractivity contribution in [3.63, 3.8) is 0 Å². The van der Waals surface area contributed by atoms with Gasteiger partial charge < -0.3 is 4.42 Å². The van der Waals surface area contributed by atoms with Gasteiger partial charge in [0.2, 0.25) is 0 Å². The average Bonchev–Trinajstić information content (AvgIpc) is 3.23. The first-order valence-electron chi connectivity index (χ1n) is 7.83. The van der Waals surface area contributed by atoms with Crippen molar-refractivity contribution >= 4 is 38.3 Å². The number of benzene rings is 1. The summed E-state index contributed by atoms with van der Waals surface area (Å²) in [6.07, 6.45) is 4.85. The fourth-order valence-electron chi connectivity index (χ4n) is 2.95. The molecule has 0 saturated heterocycles. The third kappa shape index (κ3) is 3.16. The van der Waals surface area contributed by atoms with E-state index in [0.717, 1.165) is 17.7 Å². The first-order chi connectivity index (χ1) is 11.7. The van der Waals surface area contributed by atoms with E-state index in [1.807, 2.05) is 5.38 Å². The molecule has 4 rings (SSSR count). The molecule has 3 aromatic rings. The molecule has 2 heterocycles. The van der Waals surface area contributed by atoms with Crippen molar-refractivity contribution < 1.29 is 9.21 Å². The summed E-state index contributed by atoms with van der Waals surface area (Å²) in [4.78, 5) is 16.6. The molecule has 1 aliphatic carbocycles. The van der Waals surface area contributed by atoms with Gasteiger partial charge in [-0.3, -0.25) is 10.1 Å². The number of hydrogen-bond donors (Lipinski definition) is 1. The van der Waals surface area contributed by atoms with Crippen LogP contribution >= 0.6 is 27.3 Å². The standard InChI is InChI=1S/C18H15BrN2O2S/c19-16-8-7-15(23-16)17(22)21-18-20-14(10-24-18)13-6-5-11-3-1-2-4-12(11)9-13/h5-10H,1-4H2,(H,20,21,22). The number of carbonyl (C=O) groups is 1. The highest BCUT2D eigenvalue weighted by molar-refractivity contribution is 9.10. The lowest BCUT2D eigenvalue weighted by atomic mass is 9.90. The molecule has 0 unspecified atom stereocenters. The van der Waals surface area contributed by atoms with Gasteiger partial charge in [0.1, 0.15) is 0 Å². The molecule has 0 fully saturated rings. The highest BCUT2D eigenvalue weighted by Crippen LogP contribution is 2.30. The Labute approximate surface area is 152 Å². The van der Waals surface area contributed by atoms with Gasteiger partial charge in [-0.05, 0) is 70.9 Å². The summed E-state index contributed by atoms with van der Waals surface area (Å²) in [5, 5.41) is 5.32. The Kier molecular flexibility index (Phi) is 4.24. The summed E-state index contributed by atoms with van der Waals surface area (Å²) in [5.41, 5.74) is 4.88. The third-order valence-corrected chi connectivity index (χ3v) is 5.35. The van der Waals surface area contributed by atoms with Crippen LogP contribution in [-0.2, 0) is 12.8 Å². The van der Waals surface area contributed by atoms with Crippen LogP contribution in [0.1, 0.15) is 34.5 Å². The molecule has 24 heavy (non-hydrogen) atoms. The molecule has 4 nitrogen and oxygen atoms in total. The number of anilines is 1. The molecule has 2 aromatic heterocycles. The molecule has 0 radical (unpaired) electrons. The molecule has 122 valence electrons. The van der Waals surface area contributed by atoms with Crippen molar-refractivity contribution in [3.05, 3.63) is 57.3 Å². The van der Waals surface area contributed by atoms with Crippen LogP contribution in [0.3, 0.4) is 0 Å². The molecule has 0 saturated carbocycles. The maximum absolute atomic E-state index is 12.1. The second-order valence-electron chi connectivity index (χ2n) is 5.79. The fraction of sp³-hybridized carbons (Fsp3) is 0.222. The molecule has 6 heteroatoms. The first-order valence-corrected chi connectivity index (χ1v) is 9.51. The van der Waals surface area contributed by atoms with Crippen molar-refractivity contribution in [2.45, 2.75) is 25.7 Å². The van der Waals surface area contributed by atoms with E-state index in [4.69, 9.17) is 4.42 Å². The highest BCUT2D eigenvalue weighted by Gasteiger charge is 2.15. The summed E-state index contributed by atoms with van der Waals surface area (Å²) >= 11 is 4.61. The van der Waals surface area contributed by atoms with Crippen LogP contribution in [0.4, 0.5) is 5.13 Å². The fourth-order valence-corrected chi connectivity index (χ4v) is 3.97. The second kappa shape index (κ2) is 6.53. The molecular formula is C18H15BrN2O2S. The molecule has 1 aromatic carbocycles. The molecular weight excluding hydrogens is 388 g/mol. The number of rotatable bonds is 3. The van der Waals surface area contributed by atoms with Crippen molar-refractivity contribution in [1.82, 2.24) is 4.98 Å². The number of hydrogen-bond acceptors (Lipinski definition) is 4. The Hall–Kier alpha value is -1.92. The van der Waals surface area contributed by atoms with E-state index >= 15 is 0 Å². The van der Waals surface area contributed by atoms with Crippen molar-refractivity contribution in [2.24, 2.45) is 0 Å². The summed E-state index contributed by atoms with van der Waals surface area (Å²) in [6, 6.07) is 9.88. The minimum atomic E-state index is -0.299. The van der Waals surface area contributed by atoms with Gasteiger partial charge in [-0.15, -0.1) is 11.3 Å². The van der Waals surface area contributed by atoms with Gasteiger partial charge in [0.25, 0.3) is 5.91 Å². The average molecular weight is 403 g/mol. The van der Waals surface area contributed by atoms with Gasteiger partial charge in [-0.1, -0.05) is 12.1 Å². The maximum Gasteiger partial charge on any atom is 0.293 e. The largest absolute Gasteiger partial charge is 0.444 e.